The van der Waals surface area contributed by atoms with Crippen molar-refractivity contribution in [3.05, 3.63) is 53.0 Å². The molecule has 0 aliphatic carbocycles. The minimum Gasteiger partial charge on any atom is -0.303 e. The molecule has 2 aromatic rings. The van der Waals surface area contributed by atoms with E-state index in [9.17, 15) is 4.79 Å². The number of aryl methyl sites for hydroxylation is 1. The van der Waals surface area contributed by atoms with E-state index < -0.39 is 0 Å². The molecule has 1 amide bonds. The van der Waals surface area contributed by atoms with Gasteiger partial charge in [-0.05, 0) is 17.7 Å². The maximum Gasteiger partial charge on any atom is 0.415 e. The van der Waals surface area contributed by atoms with Gasteiger partial charge in [0.15, 0.2) is 0 Å². The molecule has 0 N–H and O–H groups in total. The second kappa shape index (κ2) is 5.35. The molecule has 0 aliphatic rings. The first-order valence-corrected chi connectivity index (χ1v) is 6.39. The summed E-state index contributed by atoms with van der Waals surface area (Å²) in [5, 5.41) is 0. The molecule has 5 heteroatoms. The fraction of sp³-hybridized carbons (Fsp3) is 0.231. The average Bonchev–Trinajstić information content (AvgIpc) is 2.75. The smallest absolute Gasteiger partial charge is 0.303 e. The molecule has 0 saturated heterocycles. The summed E-state index contributed by atoms with van der Waals surface area (Å²) in [5.41, 5.74) is 1.09. The Balaban J connectivity index is 2.08. The number of rotatable bonds is 2. The maximum atomic E-state index is 12.1. The Morgan fingerprint density at radius 2 is 2.28 bits per heavy atom. The number of nitrogens with zero attached hydrogens (tertiary/aromatic N) is 3. The highest BCUT2D eigenvalue weighted by atomic mass is 79.9. The lowest BCUT2D eigenvalue weighted by molar-refractivity contribution is -0.670. The van der Waals surface area contributed by atoms with Crippen molar-refractivity contribution in [3.63, 3.8) is 0 Å². The van der Waals surface area contributed by atoms with Crippen LogP contribution in [0.3, 0.4) is 0 Å². The highest BCUT2D eigenvalue weighted by Gasteiger charge is 2.17. The molecule has 94 valence electrons. The molecule has 1 heterocycles. The zero-order valence-corrected chi connectivity index (χ0v) is 12.0. The van der Waals surface area contributed by atoms with Crippen LogP contribution in [0.4, 0.5) is 4.79 Å². The van der Waals surface area contributed by atoms with Gasteiger partial charge in [-0.2, -0.15) is 4.57 Å². The predicted octanol–water partition coefficient (Wildman–Crippen LogP) is 2.18. The van der Waals surface area contributed by atoms with Gasteiger partial charge >= 0.3 is 6.03 Å². The van der Waals surface area contributed by atoms with Crippen LogP contribution in [0.5, 0.6) is 0 Å². The van der Waals surface area contributed by atoms with Crippen LogP contribution in [0.2, 0.25) is 0 Å². The molecule has 1 aromatic carbocycles. The molecule has 0 aliphatic heterocycles. The highest BCUT2D eigenvalue weighted by Crippen LogP contribution is 2.13. The fourth-order valence-electron chi connectivity index (χ4n) is 1.74. The topological polar surface area (TPSA) is 29.1 Å². The molecule has 0 atom stereocenters. The van der Waals surface area contributed by atoms with Gasteiger partial charge in [0, 0.05) is 18.1 Å². The number of hydrogen-bond acceptors (Lipinski definition) is 1. The van der Waals surface area contributed by atoms with Crippen molar-refractivity contribution in [2.75, 3.05) is 7.05 Å². The van der Waals surface area contributed by atoms with Crippen LogP contribution in [0.25, 0.3) is 0 Å². The van der Waals surface area contributed by atoms with Crippen LogP contribution >= 0.6 is 15.9 Å². The van der Waals surface area contributed by atoms with Gasteiger partial charge in [0.2, 0.25) is 0 Å². The Bertz CT molecular complexity index is 565. The molecular weight excluding hydrogens is 294 g/mol. The highest BCUT2D eigenvalue weighted by molar-refractivity contribution is 9.10. The SMILES string of the molecule is CN(Cc1cccc(Br)c1)C(=O)n1cc[n+](C)c1. The van der Waals surface area contributed by atoms with Gasteiger partial charge in [-0.25, -0.2) is 9.36 Å². The minimum atomic E-state index is -0.0458. The van der Waals surface area contributed by atoms with Gasteiger partial charge in [0.05, 0.1) is 7.05 Å². The quantitative estimate of drug-likeness (QED) is 0.782. The number of amides is 1. The minimum absolute atomic E-state index is 0.0458. The summed E-state index contributed by atoms with van der Waals surface area (Å²) in [5.74, 6) is 0. The number of hydrogen-bond donors (Lipinski definition) is 0. The molecule has 0 saturated carbocycles. The summed E-state index contributed by atoms with van der Waals surface area (Å²) in [6.07, 6.45) is 5.34. The molecule has 0 radical (unpaired) electrons. The Morgan fingerprint density at radius 3 is 2.89 bits per heavy atom. The number of halogens is 1. The lowest BCUT2D eigenvalue weighted by Gasteiger charge is -2.14. The largest absolute Gasteiger partial charge is 0.415 e. The third-order valence-electron chi connectivity index (χ3n) is 2.63. The summed E-state index contributed by atoms with van der Waals surface area (Å²) < 4.78 is 4.43. The van der Waals surface area contributed by atoms with Crippen molar-refractivity contribution in [2.24, 2.45) is 7.05 Å². The third kappa shape index (κ3) is 2.98. The van der Waals surface area contributed by atoms with Gasteiger partial charge in [0.1, 0.15) is 12.4 Å². The van der Waals surface area contributed by atoms with Crippen molar-refractivity contribution in [2.45, 2.75) is 6.54 Å². The van der Waals surface area contributed by atoms with Crippen LogP contribution in [0.15, 0.2) is 47.5 Å². The molecular formula is C13H15BrN3O+. The number of aromatic nitrogens is 2. The zero-order valence-electron chi connectivity index (χ0n) is 10.4. The molecule has 1 aromatic heterocycles. The monoisotopic (exact) mass is 308 g/mol. The average molecular weight is 309 g/mol. The first-order chi connectivity index (χ1) is 8.56. The fourth-order valence-corrected chi connectivity index (χ4v) is 2.18. The van der Waals surface area contributed by atoms with Gasteiger partial charge in [-0.15, -0.1) is 0 Å². The van der Waals surface area contributed by atoms with Crippen LogP contribution in [0, 0.1) is 0 Å². The van der Waals surface area contributed by atoms with E-state index in [-0.39, 0.29) is 6.03 Å². The standard InChI is InChI=1S/C13H15BrN3O/c1-15-6-7-17(10-15)13(18)16(2)9-11-4-3-5-12(14)8-11/h3-8,10H,9H2,1-2H3/q+1. The van der Waals surface area contributed by atoms with E-state index in [2.05, 4.69) is 15.9 Å². The van der Waals surface area contributed by atoms with E-state index in [0.717, 1.165) is 10.0 Å². The van der Waals surface area contributed by atoms with E-state index in [0.29, 0.717) is 6.54 Å². The van der Waals surface area contributed by atoms with E-state index in [4.69, 9.17) is 0 Å². The normalized spacial score (nSPS) is 10.4. The van der Waals surface area contributed by atoms with E-state index in [1.807, 2.05) is 42.1 Å². The summed E-state index contributed by atoms with van der Waals surface area (Å²) in [7, 11) is 3.68. The van der Waals surface area contributed by atoms with Crippen molar-refractivity contribution >= 4 is 22.0 Å². The predicted molar refractivity (Wildman–Crippen MR) is 72.0 cm³/mol. The maximum absolute atomic E-state index is 12.1. The number of carbonyl (C=O) groups excluding carboxylic acids is 1. The molecule has 0 unspecified atom stereocenters. The lowest BCUT2D eigenvalue weighted by atomic mass is 10.2. The molecule has 0 fully saturated rings. The summed E-state index contributed by atoms with van der Waals surface area (Å²) in [6.45, 7) is 0.583. The number of benzene rings is 1. The molecule has 2 rings (SSSR count). The first-order valence-electron chi connectivity index (χ1n) is 5.59. The van der Waals surface area contributed by atoms with Crippen molar-refractivity contribution < 1.29 is 9.36 Å². The van der Waals surface area contributed by atoms with E-state index >= 15 is 0 Å². The Hall–Kier alpha value is -1.62. The molecule has 4 nitrogen and oxygen atoms in total. The Kier molecular flexibility index (Phi) is 3.81. The second-order valence-corrected chi connectivity index (χ2v) is 5.17. The number of imidazole rings is 1. The first kappa shape index (κ1) is 12.8. The Morgan fingerprint density at radius 1 is 1.50 bits per heavy atom. The van der Waals surface area contributed by atoms with Crippen molar-refractivity contribution in [1.29, 1.82) is 0 Å². The summed E-state index contributed by atoms with van der Waals surface area (Å²) in [6, 6.07) is 7.91. The van der Waals surface area contributed by atoms with Gasteiger partial charge in [-0.3, -0.25) is 0 Å². The summed E-state index contributed by atoms with van der Waals surface area (Å²) in [4.78, 5) is 13.8. The van der Waals surface area contributed by atoms with Gasteiger partial charge < -0.3 is 4.90 Å². The van der Waals surface area contributed by atoms with Crippen LogP contribution in [0.1, 0.15) is 5.56 Å². The molecule has 0 spiro atoms. The summed E-state index contributed by atoms with van der Waals surface area (Å²) >= 11 is 3.43. The number of carbonyl (C=O) groups is 1. The molecule has 0 bridgehead atoms. The van der Waals surface area contributed by atoms with E-state index in [1.165, 1.54) is 0 Å². The van der Waals surface area contributed by atoms with Crippen molar-refractivity contribution in [3.8, 4) is 0 Å². The van der Waals surface area contributed by atoms with Crippen LogP contribution in [-0.4, -0.2) is 22.5 Å². The Labute approximate surface area is 115 Å². The van der Waals surface area contributed by atoms with Gasteiger partial charge in [-0.1, -0.05) is 28.1 Å². The van der Waals surface area contributed by atoms with E-state index in [1.54, 1.807) is 29.0 Å². The van der Waals surface area contributed by atoms with Crippen LogP contribution in [-0.2, 0) is 13.6 Å². The third-order valence-corrected chi connectivity index (χ3v) is 3.12. The van der Waals surface area contributed by atoms with Crippen molar-refractivity contribution in [1.82, 2.24) is 9.47 Å². The second-order valence-electron chi connectivity index (χ2n) is 4.25. The zero-order chi connectivity index (χ0) is 13.1. The van der Waals surface area contributed by atoms with Gasteiger partial charge in [0.25, 0.3) is 6.33 Å². The molecule has 18 heavy (non-hydrogen) atoms. The lowest BCUT2D eigenvalue weighted by Crippen LogP contribution is -2.32. The van der Waals surface area contributed by atoms with Crippen LogP contribution < -0.4 is 4.57 Å².